The lowest BCUT2D eigenvalue weighted by molar-refractivity contribution is 0.265. The summed E-state index contributed by atoms with van der Waals surface area (Å²) in [6, 6.07) is 14.8. The summed E-state index contributed by atoms with van der Waals surface area (Å²) in [7, 11) is 0. The van der Waals surface area contributed by atoms with E-state index < -0.39 is 0 Å². The molecule has 2 aromatic carbocycles. The molecule has 134 valence electrons. The van der Waals surface area contributed by atoms with Crippen molar-refractivity contribution in [2.45, 2.75) is 19.4 Å². The van der Waals surface area contributed by atoms with Gasteiger partial charge in [0, 0.05) is 19.0 Å². The highest BCUT2D eigenvalue weighted by Gasteiger charge is 2.10. The Balaban J connectivity index is 2.00. The lowest BCUT2D eigenvalue weighted by Gasteiger charge is -2.18. The summed E-state index contributed by atoms with van der Waals surface area (Å²) in [5, 5.41) is 16.0. The Labute approximate surface area is 156 Å². The topological polar surface area (TPSA) is 56.7 Å². The van der Waals surface area contributed by atoms with Gasteiger partial charge >= 0.3 is 0 Å². The van der Waals surface area contributed by atoms with E-state index in [1.807, 2.05) is 43.3 Å². The minimum atomic E-state index is -0.296. The number of hydrogen-bond acceptors (Lipinski definition) is 2. The van der Waals surface area contributed by atoms with Crippen LogP contribution in [0, 0.1) is 5.82 Å². The van der Waals surface area contributed by atoms with Gasteiger partial charge in [0.1, 0.15) is 5.82 Å². The van der Waals surface area contributed by atoms with Crippen LogP contribution in [0.1, 0.15) is 24.0 Å². The molecule has 0 saturated carbocycles. The third-order valence-electron chi connectivity index (χ3n) is 3.76. The molecule has 2 rings (SSSR count). The molecule has 4 nitrogen and oxygen atoms in total. The van der Waals surface area contributed by atoms with Crippen LogP contribution in [-0.4, -0.2) is 30.8 Å². The van der Waals surface area contributed by atoms with Crippen molar-refractivity contribution < 1.29 is 9.50 Å². The fraction of sp³-hybridized carbons (Fsp3) is 0.316. The Morgan fingerprint density at radius 3 is 2.60 bits per heavy atom. The van der Waals surface area contributed by atoms with Gasteiger partial charge in [0.25, 0.3) is 0 Å². The highest BCUT2D eigenvalue weighted by molar-refractivity contribution is 9.10. The smallest absolute Gasteiger partial charge is 0.191 e. The normalized spacial score (nSPS) is 12.7. The fourth-order valence-corrected chi connectivity index (χ4v) is 2.63. The average molecular weight is 408 g/mol. The number of benzene rings is 2. The van der Waals surface area contributed by atoms with Gasteiger partial charge in [-0.25, -0.2) is 9.38 Å². The molecule has 1 unspecified atom stereocenters. The standard InChI is InChI=1S/C19H23BrFN3O/c1-2-22-19(23-11-14-8-9-17(20)18(21)10-14)24-12-16(13-25)15-6-4-3-5-7-15/h3-10,16,25H,2,11-13H2,1H3,(H2,22,23,24). The van der Waals surface area contributed by atoms with Crippen LogP contribution < -0.4 is 10.6 Å². The highest BCUT2D eigenvalue weighted by atomic mass is 79.9. The average Bonchev–Trinajstić information content (AvgIpc) is 2.63. The number of nitrogens with zero attached hydrogens (tertiary/aromatic N) is 1. The second kappa shape index (κ2) is 10.2. The van der Waals surface area contributed by atoms with Gasteiger partial charge in [-0.1, -0.05) is 36.4 Å². The van der Waals surface area contributed by atoms with Crippen LogP contribution >= 0.6 is 15.9 Å². The predicted molar refractivity (Wildman–Crippen MR) is 103 cm³/mol. The van der Waals surface area contributed by atoms with Gasteiger partial charge in [0.05, 0.1) is 17.6 Å². The van der Waals surface area contributed by atoms with Crippen LogP contribution in [0.3, 0.4) is 0 Å². The molecule has 0 amide bonds. The molecule has 6 heteroatoms. The summed E-state index contributed by atoms with van der Waals surface area (Å²) in [5.41, 5.74) is 1.86. The molecule has 0 heterocycles. The summed E-state index contributed by atoms with van der Waals surface area (Å²) in [6.45, 7) is 3.68. The van der Waals surface area contributed by atoms with Crippen LogP contribution in [0.4, 0.5) is 4.39 Å². The van der Waals surface area contributed by atoms with E-state index in [4.69, 9.17) is 0 Å². The van der Waals surface area contributed by atoms with Crippen molar-refractivity contribution in [3.05, 3.63) is 69.9 Å². The fourth-order valence-electron chi connectivity index (χ4n) is 2.38. The first-order valence-electron chi connectivity index (χ1n) is 8.26. The van der Waals surface area contributed by atoms with Gasteiger partial charge in [-0.3, -0.25) is 0 Å². The van der Waals surface area contributed by atoms with E-state index in [0.717, 1.165) is 17.7 Å². The summed E-state index contributed by atoms with van der Waals surface area (Å²) in [4.78, 5) is 4.49. The monoisotopic (exact) mass is 407 g/mol. The first-order chi connectivity index (χ1) is 12.1. The Kier molecular flexibility index (Phi) is 7.88. The molecule has 0 aliphatic heterocycles. The zero-order chi connectivity index (χ0) is 18.1. The number of rotatable bonds is 7. The van der Waals surface area contributed by atoms with E-state index in [0.29, 0.717) is 23.5 Å². The van der Waals surface area contributed by atoms with E-state index in [2.05, 4.69) is 31.6 Å². The maximum absolute atomic E-state index is 13.6. The molecule has 0 bridgehead atoms. The summed E-state index contributed by atoms with van der Waals surface area (Å²) in [6.07, 6.45) is 0. The van der Waals surface area contributed by atoms with Gasteiger partial charge in [0.2, 0.25) is 0 Å². The van der Waals surface area contributed by atoms with Gasteiger partial charge < -0.3 is 15.7 Å². The van der Waals surface area contributed by atoms with E-state index >= 15 is 0 Å². The van der Waals surface area contributed by atoms with Gasteiger partial charge in [-0.2, -0.15) is 0 Å². The van der Waals surface area contributed by atoms with Crippen molar-refractivity contribution >= 4 is 21.9 Å². The van der Waals surface area contributed by atoms with E-state index in [1.165, 1.54) is 6.07 Å². The zero-order valence-electron chi connectivity index (χ0n) is 14.2. The molecule has 0 saturated heterocycles. The van der Waals surface area contributed by atoms with Crippen LogP contribution in [0.2, 0.25) is 0 Å². The number of guanidine groups is 1. The molecule has 0 radical (unpaired) electrons. The molecular formula is C19H23BrFN3O. The van der Waals surface area contributed by atoms with Gasteiger partial charge in [-0.15, -0.1) is 0 Å². The maximum Gasteiger partial charge on any atom is 0.191 e. The van der Waals surface area contributed by atoms with Crippen molar-refractivity contribution in [3.8, 4) is 0 Å². The van der Waals surface area contributed by atoms with E-state index in [1.54, 1.807) is 6.07 Å². The second-order valence-electron chi connectivity index (χ2n) is 5.61. The van der Waals surface area contributed by atoms with Crippen molar-refractivity contribution in [1.29, 1.82) is 0 Å². The summed E-state index contributed by atoms with van der Waals surface area (Å²) >= 11 is 3.15. The lowest BCUT2D eigenvalue weighted by Crippen LogP contribution is -2.39. The van der Waals surface area contributed by atoms with Crippen LogP contribution in [0.15, 0.2) is 58.0 Å². The zero-order valence-corrected chi connectivity index (χ0v) is 15.8. The highest BCUT2D eigenvalue weighted by Crippen LogP contribution is 2.17. The quantitative estimate of drug-likeness (QED) is 0.486. The molecule has 2 aromatic rings. The SMILES string of the molecule is CCNC(=NCc1ccc(Br)c(F)c1)NCC(CO)c1ccccc1. The van der Waals surface area contributed by atoms with Crippen molar-refractivity contribution in [1.82, 2.24) is 10.6 Å². The third-order valence-corrected chi connectivity index (χ3v) is 4.40. The van der Waals surface area contributed by atoms with E-state index in [-0.39, 0.29) is 18.3 Å². The summed E-state index contributed by atoms with van der Waals surface area (Å²) in [5.74, 6) is 0.325. The molecule has 0 spiro atoms. The van der Waals surface area contributed by atoms with Crippen molar-refractivity contribution in [3.63, 3.8) is 0 Å². The molecule has 0 aliphatic carbocycles. The maximum atomic E-state index is 13.6. The Morgan fingerprint density at radius 1 is 1.20 bits per heavy atom. The molecule has 25 heavy (non-hydrogen) atoms. The van der Waals surface area contributed by atoms with Gasteiger partial charge in [-0.05, 0) is 46.1 Å². The predicted octanol–water partition coefficient (Wildman–Crippen LogP) is 3.42. The second-order valence-corrected chi connectivity index (χ2v) is 6.47. The van der Waals surface area contributed by atoms with Crippen LogP contribution in [-0.2, 0) is 6.54 Å². The lowest BCUT2D eigenvalue weighted by atomic mass is 10.0. The number of halogens is 2. The Hall–Kier alpha value is -1.92. The van der Waals surface area contributed by atoms with Crippen LogP contribution in [0.5, 0.6) is 0 Å². The first kappa shape index (κ1) is 19.4. The molecule has 0 aliphatic rings. The molecule has 1 atom stereocenters. The number of aliphatic hydroxyl groups excluding tert-OH is 1. The molecule has 3 N–H and O–H groups in total. The minimum Gasteiger partial charge on any atom is -0.396 e. The van der Waals surface area contributed by atoms with Crippen molar-refractivity contribution in [2.75, 3.05) is 19.7 Å². The number of nitrogens with one attached hydrogen (secondary N) is 2. The van der Waals surface area contributed by atoms with Crippen LogP contribution in [0.25, 0.3) is 0 Å². The van der Waals surface area contributed by atoms with Gasteiger partial charge in [0.15, 0.2) is 5.96 Å². The largest absolute Gasteiger partial charge is 0.396 e. The minimum absolute atomic E-state index is 0.0184. The first-order valence-corrected chi connectivity index (χ1v) is 9.05. The Bertz CT molecular complexity index is 694. The molecular weight excluding hydrogens is 385 g/mol. The van der Waals surface area contributed by atoms with E-state index in [9.17, 15) is 9.50 Å². The Morgan fingerprint density at radius 2 is 1.96 bits per heavy atom. The number of aliphatic imine (C=N–C) groups is 1. The third kappa shape index (κ3) is 6.14. The molecule has 0 aromatic heterocycles. The van der Waals surface area contributed by atoms with Crippen molar-refractivity contribution in [2.24, 2.45) is 4.99 Å². The number of hydrogen-bond donors (Lipinski definition) is 3. The summed E-state index contributed by atoms with van der Waals surface area (Å²) < 4.78 is 14.0. The number of aliphatic hydroxyl groups is 1. The molecule has 0 fully saturated rings.